The van der Waals surface area contributed by atoms with E-state index in [1.54, 1.807) is 0 Å². The summed E-state index contributed by atoms with van der Waals surface area (Å²) in [5.41, 5.74) is 2.37. The zero-order chi connectivity index (χ0) is 14.9. The third-order valence-electron chi connectivity index (χ3n) is 3.29. The second kappa shape index (κ2) is 8.45. The second-order valence-corrected chi connectivity index (χ2v) is 4.95. The molecule has 0 saturated carbocycles. The van der Waals surface area contributed by atoms with Crippen LogP contribution in [0.1, 0.15) is 31.0 Å². The lowest BCUT2D eigenvalue weighted by atomic mass is 10.1. The number of ether oxygens (including phenoxy) is 2. The molecule has 0 spiro atoms. The van der Waals surface area contributed by atoms with Crippen molar-refractivity contribution < 1.29 is 9.47 Å². The Bertz CT molecular complexity index is 528. The summed E-state index contributed by atoms with van der Waals surface area (Å²) >= 11 is 0. The van der Waals surface area contributed by atoms with Gasteiger partial charge in [-0.25, -0.2) is 0 Å². The molecule has 0 heterocycles. The van der Waals surface area contributed by atoms with Crippen molar-refractivity contribution in [3.8, 4) is 5.75 Å². The van der Waals surface area contributed by atoms with Crippen LogP contribution >= 0.6 is 0 Å². The van der Waals surface area contributed by atoms with Crippen LogP contribution in [0.5, 0.6) is 5.75 Å². The van der Waals surface area contributed by atoms with Gasteiger partial charge in [0.05, 0.1) is 6.61 Å². The molecule has 3 nitrogen and oxygen atoms in total. The molecule has 112 valence electrons. The van der Waals surface area contributed by atoms with Gasteiger partial charge in [-0.1, -0.05) is 49.4 Å². The molecule has 2 aromatic rings. The third kappa shape index (κ3) is 5.21. The summed E-state index contributed by atoms with van der Waals surface area (Å²) in [4.78, 5) is 0. The fourth-order valence-electron chi connectivity index (χ4n) is 2.14. The summed E-state index contributed by atoms with van der Waals surface area (Å²) in [6.45, 7) is 6.03. The van der Waals surface area contributed by atoms with Crippen LogP contribution in [0.2, 0.25) is 0 Å². The first-order valence-electron chi connectivity index (χ1n) is 7.37. The maximum Gasteiger partial charge on any atom is 0.189 e. The van der Waals surface area contributed by atoms with Crippen LogP contribution in [0.3, 0.4) is 0 Å². The lowest BCUT2D eigenvalue weighted by Crippen LogP contribution is -2.17. The predicted molar refractivity (Wildman–Crippen MR) is 85.3 cm³/mol. The standard InChI is InChI=1S/C18H23NO2/c1-3-19-15(2)17-10-7-11-18(12-17)21-14-20-13-16-8-5-4-6-9-16/h4-12,15,19H,3,13-14H2,1-2H3. The topological polar surface area (TPSA) is 30.5 Å². The molecule has 1 atom stereocenters. The Balaban J connectivity index is 1.79. The van der Waals surface area contributed by atoms with Gasteiger partial charge in [-0.15, -0.1) is 0 Å². The first-order chi connectivity index (χ1) is 10.3. The van der Waals surface area contributed by atoms with Crippen molar-refractivity contribution in [1.29, 1.82) is 0 Å². The Hall–Kier alpha value is -1.84. The van der Waals surface area contributed by atoms with Gasteiger partial charge in [-0.2, -0.15) is 0 Å². The molecule has 0 saturated heterocycles. The lowest BCUT2D eigenvalue weighted by Gasteiger charge is -2.14. The molecular weight excluding hydrogens is 262 g/mol. The third-order valence-corrected chi connectivity index (χ3v) is 3.29. The van der Waals surface area contributed by atoms with Crippen LogP contribution < -0.4 is 10.1 Å². The molecule has 0 amide bonds. The largest absolute Gasteiger partial charge is 0.468 e. The minimum atomic E-state index is 0.258. The van der Waals surface area contributed by atoms with Crippen molar-refractivity contribution in [1.82, 2.24) is 5.32 Å². The Kier molecular flexibility index (Phi) is 6.25. The molecule has 0 aromatic heterocycles. The van der Waals surface area contributed by atoms with E-state index in [9.17, 15) is 0 Å². The van der Waals surface area contributed by atoms with E-state index >= 15 is 0 Å². The van der Waals surface area contributed by atoms with E-state index in [-0.39, 0.29) is 6.79 Å². The average Bonchev–Trinajstić information content (AvgIpc) is 2.53. The van der Waals surface area contributed by atoms with Crippen molar-refractivity contribution in [3.05, 3.63) is 65.7 Å². The van der Waals surface area contributed by atoms with Gasteiger partial charge in [0.2, 0.25) is 0 Å². The first kappa shape index (κ1) is 15.5. The van der Waals surface area contributed by atoms with Crippen LogP contribution in [0, 0.1) is 0 Å². The highest BCUT2D eigenvalue weighted by Crippen LogP contribution is 2.19. The van der Waals surface area contributed by atoms with Crippen molar-refractivity contribution >= 4 is 0 Å². The Morgan fingerprint density at radius 2 is 1.86 bits per heavy atom. The molecule has 2 aromatic carbocycles. The molecule has 21 heavy (non-hydrogen) atoms. The van der Waals surface area contributed by atoms with E-state index in [2.05, 4.69) is 31.3 Å². The fourth-order valence-corrected chi connectivity index (χ4v) is 2.14. The Morgan fingerprint density at radius 1 is 1.05 bits per heavy atom. The van der Waals surface area contributed by atoms with Gasteiger partial charge in [0.25, 0.3) is 0 Å². The zero-order valence-corrected chi connectivity index (χ0v) is 12.7. The monoisotopic (exact) mass is 285 g/mol. The van der Waals surface area contributed by atoms with Crippen molar-refractivity contribution in [2.24, 2.45) is 0 Å². The van der Waals surface area contributed by atoms with E-state index in [0.717, 1.165) is 17.9 Å². The summed E-state index contributed by atoms with van der Waals surface area (Å²) in [5.74, 6) is 0.838. The van der Waals surface area contributed by atoms with E-state index in [1.807, 2.05) is 42.5 Å². The second-order valence-electron chi connectivity index (χ2n) is 4.95. The summed E-state index contributed by atoms with van der Waals surface area (Å²) in [6, 6.07) is 18.5. The van der Waals surface area contributed by atoms with Gasteiger partial charge in [0, 0.05) is 6.04 Å². The maximum absolute atomic E-state index is 5.65. The van der Waals surface area contributed by atoms with E-state index in [4.69, 9.17) is 9.47 Å². The summed E-state index contributed by atoms with van der Waals surface area (Å²) in [6.07, 6.45) is 0. The molecular formula is C18H23NO2. The number of hydrogen-bond donors (Lipinski definition) is 1. The summed E-state index contributed by atoms with van der Waals surface area (Å²) in [7, 11) is 0. The van der Waals surface area contributed by atoms with Crippen molar-refractivity contribution in [2.75, 3.05) is 13.3 Å². The van der Waals surface area contributed by atoms with Gasteiger partial charge in [-0.05, 0) is 36.7 Å². The van der Waals surface area contributed by atoms with Crippen LogP contribution in [0.4, 0.5) is 0 Å². The minimum Gasteiger partial charge on any atom is -0.468 e. The number of nitrogens with one attached hydrogen (secondary N) is 1. The highest BCUT2D eigenvalue weighted by molar-refractivity contribution is 5.30. The maximum atomic E-state index is 5.65. The number of benzene rings is 2. The molecule has 0 radical (unpaired) electrons. The van der Waals surface area contributed by atoms with Crippen LogP contribution in [0.15, 0.2) is 54.6 Å². The molecule has 0 bridgehead atoms. The van der Waals surface area contributed by atoms with Crippen LogP contribution in [0.25, 0.3) is 0 Å². The minimum absolute atomic E-state index is 0.258. The fraction of sp³-hybridized carbons (Fsp3) is 0.333. The molecule has 0 fully saturated rings. The van der Waals surface area contributed by atoms with Gasteiger partial charge in [0.15, 0.2) is 6.79 Å². The summed E-state index contributed by atoms with van der Waals surface area (Å²) < 4.78 is 11.2. The molecule has 0 aliphatic rings. The zero-order valence-electron chi connectivity index (χ0n) is 12.7. The van der Waals surface area contributed by atoms with E-state index in [1.165, 1.54) is 5.56 Å². The van der Waals surface area contributed by atoms with Gasteiger partial charge in [0.1, 0.15) is 5.75 Å². The first-order valence-corrected chi connectivity index (χ1v) is 7.37. The van der Waals surface area contributed by atoms with Crippen LogP contribution in [-0.2, 0) is 11.3 Å². The number of hydrogen-bond acceptors (Lipinski definition) is 3. The molecule has 1 unspecified atom stereocenters. The summed E-state index contributed by atoms with van der Waals surface area (Å²) in [5, 5.41) is 3.39. The predicted octanol–water partition coefficient (Wildman–Crippen LogP) is 3.91. The van der Waals surface area contributed by atoms with Crippen molar-refractivity contribution in [3.63, 3.8) is 0 Å². The molecule has 1 N–H and O–H groups in total. The number of rotatable bonds is 8. The highest BCUT2D eigenvalue weighted by atomic mass is 16.7. The Labute approximate surface area is 126 Å². The Morgan fingerprint density at radius 3 is 2.62 bits per heavy atom. The molecule has 3 heteroatoms. The highest BCUT2D eigenvalue weighted by Gasteiger charge is 2.04. The molecule has 0 aliphatic heterocycles. The smallest absolute Gasteiger partial charge is 0.189 e. The van der Waals surface area contributed by atoms with E-state index < -0.39 is 0 Å². The van der Waals surface area contributed by atoms with Gasteiger partial charge >= 0.3 is 0 Å². The van der Waals surface area contributed by atoms with Crippen molar-refractivity contribution in [2.45, 2.75) is 26.5 Å². The van der Waals surface area contributed by atoms with Crippen LogP contribution in [-0.4, -0.2) is 13.3 Å². The van der Waals surface area contributed by atoms with E-state index in [0.29, 0.717) is 12.6 Å². The normalized spacial score (nSPS) is 12.1. The molecule has 2 rings (SSSR count). The lowest BCUT2D eigenvalue weighted by molar-refractivity contribution is 0.00499. The van der Waals surface area contributed by atoms with Gasteiger partial charge < -0.3 is 14.8 Å². The SMILES string of the molecule is CCNC(C)c1cccc(OCOCc2ccccc2)c1. The van der Waals surface area contributed by atoms with Gasteiger partial charge in [-0.3, -0.25) is 0 Å². The quantitative estimate of drug-likeness (QED) is 0.589. The molecule has 0 aliphatic carbocycles. The average molecular weight is 285 g/mol.